The molecule has 0 saturated carbocycles. The van der Waals surface area contributed by atoms with Gasteiger partial charge in [0.2, 0.25) is 19.1 Å². The van der Waals surface area contributed by atoms with Crippen LogP contribution in [-0.4, -0.2) is 102 Å². The standard InChI is InChI=1S/C16H16FNO2S.C15H14FN.C8H13NO.C6H15N.C4H9.CH3ClO2S.2CH4.Li/c1-21(19,20)18-11-10-12-4-2-3-5-15(12)16(18)13-6-8-14(17)9-7-13;16-13-7-5-12(6-8-13)15-14-4-2-1-3-11(14)9-10-17-15;10-7-8-1-4-9(5-2-8)6-3-8;1-4-7(5-2)6-3;1-3-4-2;1-5(2,3)4;;;/h2-9,16H,10-11H2,1H3;1-8,15,17H,9-10H2;7H,1-6H2;4-6H2,1-3H3;1,3-4H2,2H3;1H3;2*1H4;/q;;;;-1;;;;+1/t16-;15-;;;;;;;/m00......./s1. The van der Waals surface area contributed by atoms with E-state index in [0.717, 1.165) is 86.8 Å². The smallest absolute Gasteiger partial charge is 0.343 e. The Morgan fingerprint density at radius 2 is 1.13 bits per heavy atom. The van der Waals surface area contributed by atoms with Crippen molar-refractivity contribution in [1.82, 2.24) is 19.4 Å². The van der Waals surface area contributed by atoms with E-state index in [1.165, 1.54) is 78.3 Å². The maximum absolute atomic E-state index is 13.1. The maximum atomic E-state index is 13.1. The minimum absolute atomic E-state index is 0. The Bertz CT molecular complexity index is 2180. The second kappa shape index (κ2) is 32.0. The maximum Gasteiger partial charge on any atom is 1.00 e. The first-order chi connectivity index (χ1) is 30.4. The predicted molar refractivity (Wildman–Crippen MR) is 273 cm³/mol. The van der Waals surface area contributed by atoms with Crippen LogP contribution < -0.4 is 24.2 Å². The number of piperidine rings is 3. The fraction of sp³-hybridized carbons (Fsp3) is 0.500. The molecule has 370 valence electrons. The summed E-state index contributed by atoms with van der Waals surface area (Å²) in [7, 11) is -2.03. The van der Waals surface area contributed by atoms with Crippen LogP contribution in [0.1, 0.15) is 120 Å². The predicted octanol–water partition coefficient (Wildman–Crippen LogP) is 7.89. The number of nitrogens with zero attached hydrogens (tertiary/aromatic N) is 3. The number of unbranched alkanes of at least 4 members (excludes halogenated alkanes) is 1. The van der Waals surface area contributed by atoms with Crippen LogP contribution in [0, 0.1) is 24.0 Å². The van der Waals surface area contributed by atoms with Gasteiger partial charge in [-0.15, -0.1) is 0 Å². The number of carbonyl (C=O) groups excluding carboxylic acids is 1. The van der Waals surface area contributed by atoms with Gasteiger partial charge in [-0.1, -0.05) is 122 Å². The number of sulfonamides is 1. The van der Waals surface area contributed by atoms with Gasteiger partial charge in [0, 0.05) is 29.2 Å². The molecule has 0 unspecified atom stereocenters. The van der Waals surface area contributed by atoms with Gasteiger partial charge in [-0.25, -0.2) is 25.6 Å². The summed E-state index contributed by atoms with van der Waals surface area (Å²) in [6.07, 6.45) is 10.7. The molecule has 0 amide bonds. The monoisotopic (exact) mass is 983 g/mol. The topological polar surface area (TPSA) is 107 Å². The molecule has 0 radical (unpaired) electrons. The Kier molecular flexibility index (Phi) is 30.6. The summed E-state index contributed by atoms with van der Waals surface area (Å²) in [6, 6.07) is 28.9. The van der Waals surface area contributed by atoms with Gasteiger partial charge in [-0.3, -0.25) is 0 Å². The van der Waals surface area contributed by atoms with Crippen molar-refractivity contribution in [1.29, 1.82) is 0 Å². The van der Waals surface area contributed by atoms with Crippen molar-refractivity contribution < 1.29 is 49.3 Å². The summed E-state index contributed by atoms with van der Waals surface area (Å²) in [5.41, 5.74) is 6.83. The average molecular weight is 984 g/mol. The van der Waals surface area contributed by atoms with Crippen molar-refractivity contribution in [3.63, 3.8) is 0 Å². The van der Waals surface area contributed by atoms with E-state index in [0.29, 0.717) is 13.0 Å². The van der Waals surface area contributed by atoms with Crippen LogP contribution in [0.3, 0.4) is 0 Å². The molecule has 2 atom stereocenters. The first kappa shape index (κ1) is 64.0. The number of fused-ring (bicyclic) bond motifs is 5. The number of rotatable bonds is 8. The third kappa shape index (κ3) is 21.7. The minimum Gasteiger partial charge on any atom is -0.343 e. The van der Waals surface area contributed by atoms with Crippen LogP contribution >= 0.6 is 10.7 Å². The molecule has 5 aliphatic heterocycles. The molecule has 1 N–H and O–H groups in total. The molecule has 0 spiro atoms. The fourth-order valence-corrected chi connectivity index (χ4v) is 9.09. The normalized spacial score (nSPS) is 20.0. The number of hydrogen-bond acceptors (Lipinski definition) is 8. The second-order valence-corrected chi connectivity index (χ2v) is 21.4. The van der Waals surface area contributed by atoms with Gasteiger partial charge in [0.1, 0.15) is 17.9 Å². The van der Waals surface area contributed by atoms with Gasteiger partial charge in [0.25, 0.3) is 0 Å². The molecule has 5 heterocycles. The van der Waals surface area contributed by atoms with Crippen molar-refractivity contribution >= 4 is 36.0 Å². The molecule has 2 bridgehead atoms. The van der Waals surface area contributed by atoms with E-state index in [1.54, 1.807) is 12.1 Å². The number of halogens is 3. The first-order valence-corrected chi connectivity index (χ1v) is 27.0. The molecule has 9 nitrogen and oxygen atoms in total. The van der Waals surface area contributed by atoms with Gasteiger partial charge in [0.05, 0.1) is 24.6 Å². The molecular formula is C52H78ClF2LiN4O5S2. The van der Waals surface area contributed by atoms with Crippen LogP contribution in [-0.2, 0) is 36.7 Å². The summed E-state index contributed by atoms with van der Waals surface area (Å²) in [5, 5.41) is 3.49. The van der Waals surface area contributed by atoms with Crippen molar-refractivity contribution in [3.05, 3.63) is 149 Å². The molecule has 0 aliphatic carbocycles. The number of aldehydes is 1. The van der Waals surface area contributed by atoms with Gasteiger partial charge in [0.15, 0.2) is 0 Å². The summed E-state index contributed by atoms with van der Waals surface area (Å²) in [4.78, 5) is 15.5. The Hall–Kier alpha value is -2.96. The largest absolute Gasteiger partial charge is 1.00 e. The molecule has 4 aromatic rings. The van der Waals surface area contributed by atoms with E-state index in [-0.39, 0.29) is 62.8 Å². The van der Waals surface area contributed by atoms with Crippen molar-refractivity contribution in [2.75, 3.05) is 64.9 Å². The average Bonchev–Trinajstić information content (AvgIpc) is 3.30. The SMILES string of the molecule is C.C.CCN(CC)CC.CS(=O)(=O)Cl.CS(=O)(=O)N1CCc2ccccc2[C@@H]1c1ccc(F)cc1.Fc1ccc([C@@H]2NCCc3ccccc32)cc1.O=CC12CCN(CC1)CC2.[CH2-]CCC.[Li+]. The Balaban J connectivity index is 0.000000848. The van der Waals surface area contributed by atoms with Crippen molar-refractivity contribution in [2.24, 2.45) is 5.41 Å². The molecule has 3 saturated heterocycles. The van der Waals surface area contributed by atoms with Gasteiger partial charge >= 0.3 is 18.9 Å². The van der Waals surface area contributed by atoms with Gasteiger partial charge < -0.3 is 26.8 Å². The Morgan fingerprint density at radius 1 is 0.716 bits per heavy atom. The zero-order valence-corrected chi connectivity index (χ0v) is 42.0. The van der Waals surface area contributed by atoms with Crippen molar-refractivity contribution in [2.45, 2.75) is 99.6 Å². The van der Waals surface area contributed by atoms with Crippen LogP contribution in [0.15, 0.2) is 97.1 Å². The van der Waals surface area contributed by atoms with Crippen LogP contribution in [0.2, 0.25) is 0 Å². The minimum atomic E-state index is -3.34. The Morgan fingerprint density at radius 3 is 1.52 bits per heavy atom. The number of nitrogens with one attached hydrogen (secondary N) is 1. The molecule has 0 aromatic heterocycles. The molecule has 67 heavy (non-hydrogen) atoms. The van der Waals surface area contributed by atoms with Crippen LogP contribution in [0.4, 0.5) is 8.78 Å². The van der Waals surface area contributed by atoms with E-state index in [9.17, 15) is 30.4 Å². The number of carbonyl (C=O) groups is 1. The van der Waals surface area contributed by atoms with Crippen LogP contribution in [0.25, 0.3) is 0 Å². The third-order valence-corrected chi connectivity index (χ3v) is 13.1. The molecule has 9 rings (SSSR count). The van der Waals surface area contributed by atoms with Crippen LogP contribution in [0.5, 0.6) is 0 Å². The second-order valence-electron chi connectivity index (χ2n) is 16.4. The molecule has 5 aliphatic rings. The van der Waals surface area contributed by atoms with E-state index in [4.69, 9.17) is 0 Å². The molecule has 3 fully saturated rings. The van der Waals surface area contributed by atoms with E-state index < -0.39 is 19.1 Å². The van der Waals surface area contributed by atoms with E-state index in [1.807, 2.05) is 36.4 Å². The van der Waals surface area contributed by atoms with Gasteiger partial charge in [-0.05, 0) is 129 Å². The molecule has 4 aromatic carbocycles. The summed E-state index contributed by atoms with van der Waals surface area (Å²) in [5.74, 6) is -0.508. The molecule has 15 heteroatoms. The van der Waals surface area contributed by atoms with E-state index >= 15 is 0 Å². The van der Waals surface area contributed by atoms with Gasteiger partial charge in [-0.2, -0.15) is 10.7 Å². The number of hydrogen-bond donors (Lipinski definition) is 1. The summed E-state index contributed by atoms with van der Waals surface area (Å²) >= 11 is 0. The zero-order valence-electron chi connectivity index (χ0n) is 39.6. The van der Waals surface area contributed by atoms with E-state index in [2.05, 4.69) is 84.7 Å². The quantitative estimate of drug-likeness (QED) is 0.0823. The third-order valence-electron chi connectivity index (χ3n) is 11.9. The number of benzene rings is 4. The molecular weight excluding hydrogens is 905 g/mol. The fourth-order valence-electron chi connectivity index (χ4n) is 8.05. The summed E-state index contributed by atoms with van der Waals surface area (Å²) < 4.78 is 70.6. The van der Waals surface area contributed by atoms with Crippen molar-refractivity contribution in [3.8, 4) is 0 Å². The summed E-state index contributed by atoms with van der Waals surface area (Å²) in [6.45, 7) is 20.7. The Labute approximate surface area is 421 Å². The zero-order chi connectivity index (χ0) is 47.3. The first-order valence-electron chi connectivity index (χ1n) is 22.4.